The summed E-state index contributed by atoms with van der Waals surface area (Å²) in [7, 11) is 0. The van der Waals surface area contributed by atoms with E-state index in [-0.39, 0.29) is 13.2 Å². The molecule has 0 saturated carbocycles. The van der Waals surface area contributed by atoms with Crippen molar-refractivity contribution in [2.24, 2.45) is 0 Å². The van der Waals surface area contributed by atoms with E-state index >= 15 is 0 Å². The Morgan fingerprint density at radius 3 is 2.87 bits per heavy atom. The van der Waals surface area contributed by atoms with Crippen molar-refractivity contribution in [3.05, 3.63) is 46.5 Å². The lowest BCUT2D eigenvalue weighted by atomic mass is 9.90. The number of halogens is 2. The summed E-state index contributed by atoms with van der Waals surface area (Å²) in [4.78, 5) is 12.5. The van der Waals surface area contributed by atoms with Gasteiger partial charge in [0.2, 0.25) is 0 Å². The van der Waals surface area contributed by atoms with E-state index in [0.29, 0.717) is 36.2 Å². The monoisotopic (exact) mass is 359 g/mol. The molecule has 23 heavy (non-hydrogen) atoms. The molecule has 1 aliphatic rings. The zero-order valence-corrected chi connectivity index (χ0v) is 14.1. The van der Waals surface area contributed by atoms with Gasteiger partial charge in [0.25, 0.3) is 0 Å². The average Bonchev–Trinajstić information content (AvgIpc) is 2.74. The molecule has 1 aromatic rings. The van der Waals surface area contributed by atoms with Gasteiger partial charge in [-0.3, -0.25) is 0 Å². The standard InChI is InChI=1S/C16H19Cl2NO4/c1-2-8-22-11-16(12-3-4-13(17)14(18)10-12)5-6-19(15(20)21)7-9-23-16/h2-4,10H,1,5-9,11H2,(H,20,21)/t16-/m1/s1. The first-order valence-electron chi connectivity index (χ1n) is 7.24. The van der Waals surface area contributed by atoms with Crippen LogP contribution in [0.3, 0.4) is 0 Å². The van der Waals surface area contributed by atoms with E-state index in [1.165, 1.54) is 4.90 Å². The molecule has 1 amide bonds. The lowest BCUT2D eigenvalue weighted by Gasteiger charge is -2.33. The molecule has 2 rings (SSSR count). The highest BCUT2D eigenvalue weighted by Gasteiger charge is 2.37. The highest BCUT2D eigenvalue weighted by atomic mass is 35.5. The van der Waals surface area contributed by atoms with Crippen molar-refractivity contribution in [3.8, 4) is 0 Å². The first-order valence-corrected chi connectivity index (χ1v) is 8.00. The molecular weight excluding hydrogens is 341 g/mol. The maximum Gasteiger partial charge on any atom is 0.407 e. The molecule has 1 saturated heterocycles. The number of ether oxygens (including phenoxy) is 2. The van der Waals surface area contributed by atoms with Crippen LogP contribution in [-0.2, 0) is 15.1 Å². The molecular formula is C16H19Cl2NO4. The largest absolute Gasteiger partial charge is 0.465 e. The van der Waals surface area contributed by atoms with Crippen molar-refractivity contribution in [2.45, 2.75) is 12.0 Å². The summed E-state index contributed by atoms with van der Waals surface area (Å²) in [6.45, 7) is 5.25. The number of benzene rings is 1. The van der Waals surface area contributed by atoms with Gasteiger partial charge in [0.15, 0.2) is 0 Å². The minimum absolute atomic E-state index is 0.282. The highest BCUT2D eigenvalue weighted by molar-refractivity contribution is 6.42. The van der Waals surface area contributed by atoms with Gasteiger partial charge in [-0.2, -0.15) is 0 Å². The third kappa shape index (κ3) is 4.38. The Hall–Kier alpha value is -1.27. The van der Waals surface area contributed by atoms with E-state index in [4.69, 9.17) is 32.7 Å². The van der Waals surface area contributed by atoms with Crippen LogP contribution in [0.2, 0.25) is 10.0 Å². The number of hydrogen-bond donors (Lipinski definition) is 1. The van der Waals surface area contributed by atoms with E-state index in [9.17, 15) is 9.90 Å². The summed E-state index contributed by atoms with van der Waals surface area (Å²) in [6, 6.07) is 5.29. The van der Waals surface area contributed by atoms with Gasteiger partial charge < -0.3 is 19.5 Å². The normalized spacial score (nSPS) is 21.7. The van der Waals surface area contributed by atoms with Crippen LogP contribution in [0.15, 0.2) is 30.9 Å². The second-order valence-electron chi connectivity index (χ2n) is 5.30. The molecule has 1 aliphatic heterocycles. The van der Waals surface area contributed by atoms with Gasteiger partial charge in [-0.25, -0.2) is 4.79 Å². The molecule has 1 N–H and O–H groups in total. The van der Waals surface area contributed by atoms with Gasteiger partial charge in [-0.1, -0.05) is 35.3 Å². The quantitative estimate of drug-likeness (QED) is 0.641. The molecule has 0 aromatic heterocycles. The summed E-state index contributed by atoms with van der Waals surface area (Å²) in [5, 5.41) is 10.1. The van der Waals surface area contributed by atoms with Crippen LogP contribution in [-0.4, -0.2) is 49.0 Å². The topological polar surface area (TPSA) is 59.0 Å². The van der Waals surface area contributed by atoms with E-state index < -0.39 is 11.7 Å². The maximum absolute atomic E-state index is 11.2. The predicted octanol–water partition coefficient (Wildman–Crippen LogP) is 3.79. The summed E-state index contributed by atoms with van der Waals surface area (Å²) in [5.41, 5.74) is 0.0599. The van der Waals surface area contributed by atoms with Gasteiger partial charge >= 0.3 is 6.09 Å². The van der Waals surface area contributed by atoms with Crippen LogP contribution >= 0.6 is 23.2 Å². The van der Waals surface area contributed by atoms with Crippen molar-refractivity contribution >= 4 is 29.3 Å². The lowest BCUT2D eigenvalue weighted by Crippen LogP contribution is -2.36. The van der Waals surface area contributed by atoms with Gasteiger partial charge in [0, 0.05) is 19.5 Å². The van der Waals surface area contributed by atoms with E-state index in [2.05, 4.69) is 6.58 Å². The van der Waals surface area contributed by atoms with Crippen molar-refractivity contribution in [2.75, 3.05) is 32.9 Å². The zero-order valence-electron chi connectivity index (χ0n) is 12.6. The molecule has 5 nitrogen and oxygen atoms in total. The summed E-state index contributed by atoms with van der Waals surface area (Å²) >= 11 is 12.1. The van der Waals surface area contributed by atoms with Crippen LogP contribution in [0.25, 0.3) is 0 Å². The van der Waals surface area contributed by atoms with Crippen LogP contribution in [0.4, 0.5) is 4.79 Å². The second kappa shape index (κ2) is 8.02. The number of rotatable bonds is 5. The minimum Gasteiger partial charge on any atom is -0.465 e. The molecule has 0 unspecified atom stereocenters. The van der Waals surface area contributed by atoms with Crippen molar-refractivity contribution < 1.29 is 19.4 Å². The summed E-state index contributed by atoms with van der Waals surface area (Å²) < 4.78 is 11.6. The smallest absolute Gasteiger partial charge is 0.407 e. The van der Waals surface area contributed by atoms with E-state index in [1.807, 2.05) is 6.07 Å². The molecule has 0 aliphatic carbocycles. The molecule has 0 radical (unpaired) electrons. The molecule has 0 bridgehead atoms. The fraction of sp³-hybridized carbons (Fsp3) is 0.438. The van der Waals surface area contributed by atoms with Gasteiger partial charge in [0.1, 0.15) is 5.60 Å². The molecule has 0 spiro atoms. The number of amides is 1. The Kier molecular flexibility index (Phi) is 6.30. The SMILES string of the molecule is C=CCOC[C@@]1(c2ccc(Cl)c(Cl)c2)CCN(C(=O)O)CCO1. The maximum atomic E-state index is 11.2. The third-order valence-electron chi connectivity index (χ3n) is 3.81. The number of hydrogen-bond acceptors (Lipinski definition) is 3. The second-order valence-corrected chi connectivity index (χ2v) is 6.11. The first kappa shape index (κ1) is 18.1. The molecule has 1 fully saturated rings. The zero-order chi connectivity index (χ0) is 16.9. The fourth-order valence-corrected chi connectivity index (χ4v) is 2.85. The number of carbonyl (C=O) groups is 1. The number of carboxylic acid groups (broad SMARTS) is 1. The van der Waals surface area contributed by atoms with Crippen LogP contribution in [0, 0.1) is 0 Å². The van der Waals surface area contributed by atoms with Crippen LogP contribution in [0.5, 0.6) is 0 Å². The van der Waals surface area contributed by atoms with Gasteiger partial charge in [-0.15, -0.1) is 6.58 Å². The van der Waals surface area contributed by atoms with E-state index in [1.54, 1.807) is 18.2 Å². The molecule has 126 valence electrons. The van der Waals surface area contributed by atoms with Gasteiger partial charge in [0.05, 0.1) is 29.9 Å². The highest BCUT2D eigenvalue weighted by Crippen LogP contribution is 2.35. The van der Waals surface area contributed by atoms with Crippen LogP contribution in [0.1, 0.15) is 12.0 Å². The predicted molar refractivity (Wildman–Crippen MR) is 89.3 cm³/mol. The Morgan fingerprint density at radius 2 is 2.22 bits per heavy atom. The number of nitrogens with zero attached hydrogens (tertiary/aromatic N) is 1. The molecule has 7 heteroatoms. The first-order chi connectivity index (χ1) is 11.0. The third-order valence-corrected chi connectivity index (χ3v) is 4.55. The Bertz CT molecular complexity index is 581. The molecule has 1 atom stereocenters. The van der Waals surface area contributed by atoms with Crippen molar-refractivity contribution in [1.82, 2.24) is 4.90 Å². The van der Waals surface area contributed by atoms with E-state index in [0.717, 1.165) is 5.56 Å². The fourth-order valence-electron chi connectivity index (χ4n) is 2.55. The summed E-state index contributed by atoms with van der Waals surface area (Å²) in [5.74, 6) is 0. The van der Waals surface area contributed by atoms with Crippen LogP contribution < -0.4 is 0 Å². The average molecular weight is 360 g/mol. The van der Waals surface area contributed by atoms with Gasteiger partial charge in [-0.05, 0) is 17.7 Å². The summed E-state index contributed by atoms with van der Waals surface area (Å²) in [6.07, 6.45) is 1.17. The van der Waals surface area contributed by atoms with Crippen molar-refractivity contribution in [3.63, 3.8) is 0 Å². The van der Waals surface area contributed by atoms with Crippen molar-refractivity contribution in [1.29, 1.82) is 0 Å². The Balaban J connectivity index is 2.29. The minimum atomic E-state index is -0.953. The molecule has 1 aromatic carbocycles. The lowest BCUT2D eigenvalue weighted by molar-refractivity contribution is -0.0948. The molecule has 1 heterocycles. The Labute approximate surface area is 145 Å². The Morgan fingerprint density at radius 1 is 1.43 bits per heavy atom.